The summed E-state index contributed by atoms with van der Waals surface area (Å²) in [5.74, 6) is 0. The molecular formula is C17H15ClN2. The lowest BCUT2D eigenvalue weighted by molar-refractivity contribution is 0.637. The van der Waals surface area contributed by atoms with E-state index in [9.17, 15) is 0 Å². The molecule has 0 bridgehead atoms. The van der Waals surface area contributed by atoms with Gasteiger partial charge in [-0.1, -0.05) is 35.9 Å². The van der Waals surface area contributed by atoms with Crippen molar-refractivity contribution < 1.29 is 0 Å². The van der Waals surface area contributed by atoms with E-state index in [1.54, 1.807) is 0 Å². The van der Waals surface area contributed by atoms with Crippen molar-refractivity contribution in [2.24, 2.45) is 0 Å². The molecule has 0 saturated carbocycles. The van der Waals surface area contributed by atoms with E-state index in [4.69, 9.17) is 11.6 Å². The Hall–Kier alpha value is -1.77. The SMILES string of the molecule is Clc1ccc(-c2cccc3[nH]c4c(c23)CCNC4)cc1. The second-order valence-corrected chi connectivity index (χ2v) is 5.68. The fourth-order valence-electron chi connectivity index (χ4n) is 3.09. The Labute approximate surface area is 122 Å². The summed E-state index contributed by atoms with van der Waals surface area (Å²) in [7, 11) is 0. The van der Waals surface area contributed by atoms with Gasteiger partial charge in [-0.3, -0.25) is 0 Å². The minimum Gasteiger partial charge on any atom is -0.357 e. The molecule has 2 aromatic carbocycles. The highest BCUT2D eigenvalue weighted by Gasteiger charge is 2.17. The Morgan fingerprint density at radius 2 is 1.85 bits per heavy atom. The van der Waals surface area contributed by atoms with Gasteiger partial charge < -0.3 is 10.3 Å². The Morgan fingerprint density at radius 1 is 1.00 bits per heavy atom. The number of halogens is 1. The first kappa shape index (κ1) is 12.0. The minimum absolute atomic E-state index is 0.779. The van der Waals surface area contributed by atoms with Crippen LogP contribution >= 0.6 is 11.6 Å². The van der Waals surface area contributed by atoms with Crippen molar-refractivity contribution in [3.8, 4) is 11.1 Å². The topological polar surface area (TPSA) is 27.8 Å². The molecule has 3 aromatic rings. The number of hydrogen-bond donors (Lipinski definition) is 2. The number of H-pyrrole nitrogens is 1. The predicted octanol–water partition coefficient (Wildman–Crippen LogP) is 4.13. The van der Waals surface area contributed by atoms with Crippen LogP contribution in [0.15, 0.2) is 42.5 Å². The van der Waals surface area contributed by atoms with Crippen LogP contribution in [0, 0.1) is 0 Å². The van der Waals surface area contributed by atoms with Crippen molar-refractivity contribution >= 4 is 22.5 Å². The summed E-state index contributed by atoms with van der Waals surface area (Å²) in [4.78, 5) is 3.55. The van der Waals surface area contributed by atoms with E-state index >= 15 is 0 Å². The molecule has 0 radical (unpaired) electrons. The summed E-state index contributed by atoms with van der Waals surface area (Å²) in [6, 6.07) is 14.6. The normalized spacial score (nSPS) is 14.4. The van der Waals surface area contributed by atoms with Crippen LogP contribution in [0.25, 0.3) is 22.0 Å². The lowest BCUT2D eigenvalue weighted by Crippen LogP contribution is -2.23. The highest BCUT2D eigenvalue weighted by molar-refractivity contribution is 6.30. The average Bonchev–Trinajstić information content (AvgIpc) is 2.86. The Kier molecular flexibility index (Phi) is 2.79. The zero-order valence-electron chi connectivity index (χ0n) is 11.0. The molecule has 4 rings (SSSR count). The van der Waals surface area contributed by atoms with E-state index in [0.717, 1.165) is 24.5 Å². The van der Waals surface area contributed by atoms with Gasteiger partial charge >= 0.3 is 0 Å². The van der Waals surface area contributed by atoms with Crippen LogP contribution in [-0.2, 0) is 13.0 Å². The van der Waals surface area contributed by atoms with Crippen molar-refractivity contribution in [2.45, 2.75) is 13.0 Å². The van der Waals surface area contributed by atoms with Crippen LogP contribution in [0.2, 0.25) is 5.02 Å². The molecule has 20 heavy (non-hydrogen) atoms. The van der Waals surface area contributed by atoms with E-state index in [0.29, 0.717) is 0 Å². The first-order valence-corrected chi connectivity index (χ1v) is 7.30. The summed E-state index contributed by atoms with van der Waals surface area (Å²) < 4.78 is 0. The monoisotopic (exact) mass is 282 g/mol. The smallest absolute Gasteiger partial charge is 0.0465 e. The third kappa shape index (κ3) is 1.84. The van der Waals surface area contributed by atoms with Gasteiger partial charge in [0.25, 0.3) is 0 Å². The van der Waals surface area contributed by atoms with Crippen molar-refractivity contribution in [2.75, 3.05) is 6.54 Å². The number of fused-ring (bicyclic) bond motifs is 3. The number of aromatic nitrogens is 1. The maximum atomic E-state index is 6.00. The fraction of sp³-hybridized carbons (Fsp3) is 0.176. The molecule has 0 fully saturated rings. The van der Waals surface area contributed by atoms with Gasteiger partial charge in [0.15, 0.2) is 0 Å². The van der Waals surface area contributed by atoms with Gasteiger partial charge in [-0.05, 0) is 47.9 Å². The van der Waals surface area contributed by atoms with Gasteiger partial charge in [0.05, 0.1) is 0 Å². The van der Waals surface area contributed by atoms with Gasteiger partial charge in [-0.15, -0.1) is 0 Å². The van der Waals surface area contributed by atoms with E-state index in [-0.39, 0.29) is 0 Å². The number of benzene rings is 2. The quantitative estimate of drug-likeness (QED) is 0.690. The Morgan fingerprint density at radius 3 is 2.70 bits per heavy atom. The highest BCUT2D eigenvalue weighted by Crippen LogP contribution is 2.34. The first-order chi connectivity index (χ1) is 9.83. The summed E-state index contributed by atoms with van der Waals surface area (Å²) in [6.07, 6.45) is 1.08. The third-order valence-electron chi connectivity index (χ3n) is 4.02. The van der Waals surface area contributed by atoms with Crippen LogP contribution in [0.5, 0.6) is 0 Å². The molecule has 3 heteroatoms. The van der Waals surface area contributed by atoms with Crippen LogP contribution in [-0.4, -0.2) is 11.5 Å². The number of nitrogens with one attached hydrogen (secondary N) is 2. The molecule has 0 saturated heterocycles. The lowest BCUT2D eigenvalue weighted by atomic mass is 9.96. The molecular weight excluding hydrogens is 268 g/mol. The molecule has 1 aliphatic heterocycles. The zero-order valence-corrected chi connectivity index (χ0v) is 11.8. The molecule has 0 spiro atoms. The highest BCUT2D eigenvalue weighted by atomic mass is 35.5. The predicted molar refractivity (Wildman–Crippen MR) is 84.2 cm³/mol. The number of aromatic amines is 1. The van der Waals surface area contributed by atoms with Crippen molar-refractivity contribution in [3.63, 3.8) is 0 Å². The summed E-state index contributed by atoms with van der Waals surface area (Å²) in [5.41, 5.74) is 6.53. The molecule has 0 unspecified atom stereocenters. The van der Waals surface area contributed by atoms with Gasteiger partial charge in [-0.2, -0.15) is 0 Å². The summed E-state index contributed by atoms with van der Waals surface area (Å²) >= 11 is 6.00. The zero-order chi connectivity index (χ0) is 13.5. The molecule has 0 atom stereocenters. The van der Waals surface area contributed by atoms with Gasteiger partial charge in [0, 0.05) is 28.2 Å². The van der Waals surface area contributed by atoms with Crippen LogP contribution in [0.3, 0.4) is 0 Å². The van der Waals surface area contributed by atoms with Crippen molar-refractivity contribution in [1.82, 2.24) is 10.3 Å². The van der Waals surface area contributed by atoms with Crippen LogP contribution < -0.4 is 5.32 Å². The summed E-state index contributed by atoms with van der Waals surface area (Å²) in [6.45, 7) is 1.99. The van der Waals surface area contributed by atoms with Crippen LogP contribution in [0.1, 0.15) is 11.3 Å². The molecule has 0 amide bonds. The minimum atomic E-state index is 0.779. The molecule has 2 nitrogen and oxygen atoms in total. The average molecular weight is 283 g/mol. The maximum Gasteiger partial charge on any atom is 0.0465 e. The fourth-order valence-corrected chi connectivity index (χ4v) is 3.22. The molecule has 100 valence electrons. The van der Waals surface area contributed by atoms with Gasteiger partial charge in [-0.25, -0.2) is 0 Å². The van der Waals surface area contributed by atoms with E-state index in [1.165, 1.54) is 33.3 Å². The molecule has 1 aliphatic rings. The van der Waals surface area contributed by atoms with Gasteiger partial charge in [0.1, 0.15) is 0 Å². The first-order valence-electron chi connectivity index (χ1n) is 6.92. The molecule has 1 aromatic heterocycles. The Bertz CT molecular complexity index is 772. The van der Waals surface area contributed by atoms with Crippen molar-refractivity contribution in [3.05, 3.63) is 58.7 Å². The van der Waals surface area contributed by atoms with E-state index in [1.807, 2.05) is 12.1 Å². The third-order valence-corrected chi connectivity index (χ3v) is 4.28. The molecule has 2 heterocycles. The second kappa shape index (κ2) is 4.65. The van der Waals surface area contributed by atoms with Crippen molar-refractivity contribution in [1.29, 1.82) is 0 Å². The molecule has 0 aliphatic carbocycles. The van der Waals surface area contributed by atoms with E-state index in [2.05, 4.69) is 40.6 Å². The number of hydrogen-bond acceptors (Lipinski definition) is 1. The second-order valence-electron chi connectivity index (χ2n) is 5.24. The van der Waals surface area contributed by atoms with Gasteiger partial charge in [0.2, 0.25) is 0 Å². The lowest BCUT2D eigenvalue weighted by Gasteiger charge is -2.13. The van der Waals surface area contributed by atoms with Crippen LogP contribution in [0.4, 0.5) is 0 Å². The standard InChI is InChI=1S/C17H15ClN2/c18-12-6-4-11(5-7-12)13-2-1-3-15-17(13)14-8-9-19-10-16(14)20-15/h1-7,19-20H,8-10H2. The summed E-state index contributed by atoms with van der Waals surface area (Å²) in [5, 5.41) is 5.57. The Balaban J connectivity index is 1.99. The maximum absolute atomic E-state index is 6.00. The largest absolute Gasteiger partial charge is 0.357 e. The molecule has 2 N–H and O–H groups in total. The number of rotatable bonds is 1. The van der Waals surface area contributed by atoms with E-state index < -0.39 is 0 Å².